The molecule has 0 aromatic heterocycles. The first-order valence-electron chi connectivity index (χ1n) is 5.31. The van der Waals surface area contributed by atoms with Gasteiger partial charge in [0.1, 0.15) is 5.82 Å². The van der Waals surface area contributed by atoms with Gasteiger partial charge in [0, 0.05) is 0 Å². The molecule has 1 atom stereocenters. The SMILES string of the molecule is CCC(C)(NS(=O)(=O)c1ccc(F)cc1)C(N)=S. The minimum Gasteiger partial charge on any atom is -0.392 e. The third-order valence-electron chi connectivity index (χ3n) is 2.73. The first kappa shape index (κ1) is 15.0. The van der Waals surface area contributed by atoms with Crippen LogP contribution in [0.3, 0.4) is 0 Å². The van der Waals surface area contributed by atoms with Gasteiger partial charge in [0.25, 0.3) is 0 Å². The molecule has 0 radical (unpaired) electrons. The van der Waals surface area contributed by atoms with E-state index in [1.807, 2.05) is 0 Å². The van der Waals surface area contributed by atoms with Gasteiger partial charge in [0.2, 0.25) is 10.0 Å². The Labute approximate surface area is 111 Å². The number of rotatable bonds is 5. The van der Waals surface area contributed by atoms with Gasteiger partial charge in [-0.2, -0.15) is 4.72 Å². The summed E-state index contributed by atoms with van der Waals surface area (Å²) in [5, 5.41) is 0. The van der Waals surface area contributed by atoms with Crippen molar-refractivity contribution >= 4 is 27.2 Å². The molecule has 1 unspecified atom stereocenters. The molecule has 0 bridgehead atoms. The normalized spacial score (nSPS) is 15.1. The van der Waals surface area contributed by atoms with Crippen LogP contribution >= 0.6 is 12.2 Å². The van der Waals surface area contributed by atoms with E-state index >= 15 is 0 Å². The molecule has 100 valence electrons. The molecular formula is C11H15FN2O2S2. The Morgan fingerprint density at radius 3 is 2.33 bits per heavy atom. The molecule has 0 aliphatic heterocycles. The predicted octanol–water partition coefficient (Wildman–Crippen LogP) is 1.56. The quantitative estimate of drug-likeness (QED) is 0.807. The highest BCUT2D eigenvalue weighted by Crippen LogP contribution is 2.16. The van der Waals surface area contributed by atoms with E-state index in [0.717, 1.165) is 12.1 Å². The average Bonchev–Trinajstić information content (AvgIpc) is 2.28. The molecule has 7 heteroatoms. The van der Waals surface area contributed by atoms with Crippen molar-refractivity contribution in [1.29, 1.82) is 0 Å². The molecule has 4 nitrogen and oxygen atoms in total. The van der Waals surface area contributed by atoms with Crippen LogP contribution in [0.5, 0.6) is 0 Å². The Morgan fingerprint density at radius 1 is 1.44 bits per heavy atom. The van der Waals surface area contributed by atoms with Gasteiger partial charge in [-0.05, 0) is 37.6 Å². The van der Waals surface area contributed by atoms with Gasteiger partial charge >= 0.3 is 0 Å². The molecule has 0 saturated heterocycles. The Balaban J connectivity index is 3.09. The van der Waals surface area contributed by atoms with E-state index < -0.39 is 21.4 Å². The van der Waals surface area contributed by atoms with Crippen molar-refractivity contribution in [2.75, 3.05) is 0 Å². The van der Waals surface area contributed by atoms with Gasteiger partial charge in [-0.25, -0.2) is 12.8 Å². The number of nitrogens with two attached hydrogens (primary N) is 1. The van der Waals surface area contributed by atoms with E-state index in [9.17, 15) is 12.8 Å². The zero-order chi connectivity index (χ0) is 14.0. The monoisotopic (exact) mass is 290 g/mol. The lowest BCUT2D eigenvalue weighted by Crippen LogP contribution is -2.53. The minimum absolute atomic E-state index is 0.0279. The lowest BCUT2D eigenvalue weighted by atomic mass is 10.0. The highest BCUT2D eigenvalue weighted by atomic mass is 32.2. The summed E-state index contributed by atoms with van der Waals surface area (Å²) in [6, 6.07) is 4.54. The van der Waals surface area contributed by atoms with Gasteiger partial charge < -0.3 is 5.73 Å². The van der Waals surface area contributed by atoms with Crippen molar-refractivity contribution in [3.8, 4) is 0 Å². The van der Waals surface area contributed by atoms with Gasteiger partial charge in [0.15, 0.2) is 0 Å². The molecule has 1 rings (SSSR count). The minimum atomic E-state index is -3.78. The number of nitrogens with one attached hydrogen (secondary N) is 1. The van der Waals surface area contributed by atoms with Gasteiger partial charge in [-0.3, -0.25) is 0 Å². The summed E-state index contributed by atoms with van der Waals surface area (Å²) in [4.78, 5) is 0.0375. The number of halogens is 1. The van der Waals surface area contributed by atoms with E-state index in [0.29, 0.717) is 6.42 Å². The molecular weight excluding hydrogens is 275 g/mol. The third-order valence-corrected chi connectivity index (χ3v) is 4.80. The maximum atomic E-state index is 12.8. The van der Waals surface area contributed by atoms with Crippen molar-refractivity contribution in [2.45, 2.75) is 30.7 Å². The molecule has 0 aliphatic rings. The molecule has 0 aliphatic carbocycles. The summed E-state index contributed by atoms with van der Waals surface area (Å²) in [6.45, 7) is 3.38. The standard InChI is InChI=1S/C11H15FN2O2S2/c1-3-11(2,10(13)17)14-18(15,16)9-6-4-8(12)5-7-9/h4-7,14H,3H2,1-2H3,(H2,13,17). The average molecular weight is 290 g/mol. The lowest BCUT2D eigenvalue weighted by molar-refractivity contribution is 0.511. The van der Waals surface area contributed by atoms with Crippen molar-refractivity contribution < 1.29 is 12.8 Å². The molecule has 1 aromatic carbocycles. The fourth-order valence-corrected chi connectivity index (χ4v) is 2.99. The summed E-state index contributed by atoms with van der Waals surface area (Å²) >= 11 is 4.86. The molecule has 0 fully saturated rings. The second kappa shape index (κ2) is 5.29. The fourth-order valence-electron chi connectivity index (χ4n) is 1.27. The smallest absolute Gasteiger partial charge is 0.241 e. The molecule has 0 spiro atoms. The van der Waals surface area contributed by atoms with Crippen LogP contribution in [0.25, 0.3) is 0 Å². The molecule has 0 heterocycles. The zero-order valence-electron chi connectivity index (χ0n) is 10.1. The van der Waals surface area contributed by atoms with E-state index in [1.54, 1.807) is 13.8 Å². The highest BCUT2D eigenvalue weighted by Gasteiger charge is 2.31. The van der Waals surface area contributed by atoms with Crippen LogP contribution in [0.1, 0.15) is 20.3 Å². The Hall–Kier alpha value is -1.05. The van der Waals surface area contributed by atoms with E-state index in [2.05, 4.69) is 4.72 Å². The summed E-state index contributed by atoms with van der Waals surface area (Å²) in [6.07, 6.45) is 0.419. The van der Waals surface area contributed by atoms with Crippen LogP contribution in [0.4, 0.5) is 4.39 Å². The summed E-state index contributed by atoms with van der Waals surface area (Å²) < 4.78 is 39.3. The van der Waals surface area contributed by atoms with E-state index in [4.69, 9.17) is 18.0 Å². The van der Waals surface area contributed by atoms with Crippen molar-refractivity contribution in [3.05, 3.63) is 30.1 Å². The Bertz CT molecular complexity index is 543. The first-order chi connectivity index (χ1) is 8.21. The van der Waals surface area contributed by atoms with Crippen molar-refractivity contribution in [1.82, 2.24) is 4.72 Å². The van der Waals surface area contributed by atoms with Gasteiger partial charge in [-0.15, -0.1) is 0 Å². The maximum absolute atomic E-state index is 12.8. The summed E-state index contributed by atoms with van der Waals surface area (Å²) in [5.41, 5.74) is 4.54. The Kier molecular flexibility index (Phi) is 4.41. The van der Waals surface area contributed by atoms with Crippen LogP contribution in [-0.4, -0.2) is 18.9 Å². The number of benzene rings is 1. The number of thiocarbonyl (C=S) groups is 1. The lowest BCUT2D eigenvalue weighted by Gasteiger charge is -2.27. The van der Waals surface area contributed by atoms with Crippen molar-refractivity contribution in [3.63, 3.8) is 0 Å². The molecule has 0 saturated carbocycles. The highest BCUT2D eigenvalue weighted by molar-refractivity contribution is 7.89. The van der Waals surface area contributed by atoms with Crippen LogP contribution in [0.15, 0.2) is 29.2 Å². The third kappa shape index (κ3) is 3.24. The topological polar surface area (TPSA) is 72.2 Å². The van der Waals surface area contributed by atoms with Gasteiger partial charge in [0.05, 0.1) is 15.4 Å². The largest absolute Gasteiger partial charge is 0.392 e. The first-order valence-corrected chi connectivity index (χ1v) is 7.20. The molecule has 0 amide bonds. The number of hydrogen-bond acceptors (Lipinski definition) is 3. The zero-order valence-corrected chi connectivity index (χ0v) is 11.7. The second-order valence-electron chi connectivity index (χ2n) is 4.11. The summed E-state index contributed by atoms with van der Waals surface area (Å²) in [7, 11) is -3.78. The molecule has 1 aromatic rings. The van der Waals surface area contributed by atoms with Crippen LogP contribution < -0.4 is 10.5 Å². The molecule has 3 N–H and O–H groups in total. The summed E-state index contributed by atoms with van der Waals surface area (Å²) in [5.74, 6) is -0.499. The van der Waals surface area contributed by atoms with E-state index in [-0.39, 0.29) is 9.88 Å². The van der Waals surface area contributed by atoms with Crippen LogP contribution in [0, 0.1) is 5.82 Å². The maximum Gasteiger partial charge on any atom is 0.241 e. The number of sulfonamides is 1. The second-order valence-corrected chi connectivity index (χ2v) is 6.23. The van der Waals surface area contributed by atoms with Gasteiger partial charge in [-0.1, -0.05) is 19.1 Å². The van der Waals surface area contributed by atoms with E-state index in [1.165, 1.54) is 12.1 Å². The molecule has 18 heavy (non-hydrogen) atoms. The van der Waals surface area contributed by atoms with Crippen LogP contribution in [0.2, 0.25) is 0 Å². The Morgan fingerprint density at radius 2 is 1.94 bits per heavy atom. The fraction of sp³-hybridized carbons (Fsp3) is 0.364. The number of hydrogen-bond donors (Lipinski definition) is 2. The predicted molar refractivity (Wildman–Crippen MR) is 72.2 cm³/mol. The van der Waals surface area contributed by atoms with Crippen LogP contribution in [-0.2, 0) is 10.0 Å². The van der Waals surface area contributed by atoms with Crippen molar-refractivity contribution in [2.24, 2.45) is 5.73 Å².